The summed E-state index contributed by atoms with van der Waals surface area (Å²) >= 11 is 0. The van der Waals surface area contributed by atoms with Crippen molar-refractivity contribution < 1.29 is 27.1 Å². The van der Waals surface area contributed by atoms with Crippen LogP contribution in [-0.2, 0) is 32.6 Å². The van der Waals surface area contributed by atoms with Gasteiger partial charge in [-0.15, -0.1) is 0 Å². The van der Waals surface area contributed by atoms with Gasteiger partial charge in [0.25, 0.3) is 10.0 Å². The van der Waals surface area contributed by atoms with Crippen LogP contribution in [0.25, 0.3) is 0 Å². The zero-order valence-corrected chi connectivity index (χ0v) is 27.3. The van der Waals surface area contributed by atoms with Crippen LogP contribution in [0.5, 0.6) is 5.75 Å². The predicted molar refractivity (Wildman–Crippen MR) is 177 cm³/mol. The van der Waals surface area contributed by atoms with Gasteiger partial charge in [-0.1, -0.05) is 86.1 Å². The maximum atomic E-state index is 15.1. The number of anilines is 1. The van der Waals surface area contributed by atoms with E-state index in [1.165, 1.54) is 36.3 Å². The lowest BCUT2D eigenvalue weighted by Crippen LogP contribution is -2.53. The van der Waals surface area contributed by atoms with E-state index in [4.69, 9.17) is 4.74 Å². The fraction of sp³-hybridized carbons (Fsp3) is 0.278. The third-order valence-corrected chi connectivity index (χ3v) is 9.27. The molecule has 0 spiro atoms. The number of nitrogens with zero attached hydrogens (tertiary/aromatic N) is 2. The summed E-state index contributed by atoms with van der Waals surface area (Å²) in [5.74, 6) is -1.11. The number of benzene rings is 4. The molecule has 1 atom stereocenters. The molecule has 10 heteroatoms. The van der Waals surface area contributed by atoms with Crippen molar-refractivity contribution in [2.24, 2.45) is 5.92 Å². The normalized spacial score (nSPS) is 12.0. The first-order chi connectivity index (χ1) is 22.0. The van der Waals surface area contributed by atoms with E-state index in [2.05, 4.69) is 5.32 Å². The predicted octanol–water partition coefficient (Wildman–Crippen LogP) is 5.75. The van der Waals surface area contributed by atoms with Gasteiger partial charge in [-0.05, 0) is 48.7 Å². The van der Waals surface area contributed by atoms with Crippen LogP contribution in [0, 0.1) is 18.7 Å². The highest BCUT2D eigenvalue weighted by atomic mass is 32.2. The van der Waals surface area contributed by atoms with Crippen molar-refractivity contribution >= 4 is 27.5 Å². The second-order valence-corrected chi connectivity index (χ2v) is 13.3. The molecule has 1 N–H and O–H groups in total. The molecular formula is C36H40FN3O5S. The van der Waals surface area contributed by atoms with Crippen LogP contribution >= 0.6 is 0 Å². The molecule has 4 aromatic carbocycles. The third-order valence-electron chi connectivity index (χ3n) is 7.48. The Morgan fingerprint density at radius 2 is 1.57 bits per heavy atom. The summed E-state index contributed by atoms with van der Waals surface area (Å²) in [6.07, 6.45) is 0.134. The van der Waals surface area contributed by atoms with Crippen molar-refractivity contribution in [3.05, 3.63) is 126 Å². The van der Waals surface area contributed by atoms with Crippen molar-refractivity contribution in [3.63, 3.8) is 0 Å². The molecule has 0 saturated heterocycles. The number of hydrogen-bond acceptors (Lipinski definition) is 5. The van der Waals surface area contributed by atoms with Crippen LogP contribution in [0.4, 0.5) is 10.1 Å². The monoisotopic (exact) mass is 645 g/mol. The minimum Gasteiger partial charge on any atom is -0.497 e. The maximum absolute atomic E-state index is 15.1. The van der Waals surface area contributed by atoms with E-state index in [9.17, 15) is 18.0 Å². The Morgan fingerprint density at radius 3 is 2.22 bits per heavy atom. The third kappa shape index (κ3) is 8.72. The highest BCUT2D eigenvalue weighted by Crippen LogP contribution is 2.28. The standard InChI is InChI=1S/C36H40FN3O5S/c1-26(2)23-38-36(42)34(21-28-11-6-5-7-12-28)39(24-29-13-8-9-16-33(29)37)35(41)25-40(30-14-10-15-31(22-30)45-4)46(43,44)32-19-17-27(3)18-20-32/h5-20,22,26,34H,21,23-25H2,1-4H3,(H,38,42). The van der Waals surface area contributed by atoms with Crippen LogP contribution in [0.3, 0.4) is 0 Å². The molecule has 0 heterocycles. The van der Waals surface area contributed by atoms with E-state index in [0.717, 1.165) is 15.4 Å². The van der Waals surface area contributed by atoms with Gasteiger partial charge in [-0.25, -0.2) is 12.8 Å². The Hall–Kier alpha value is -4.70. The van der Waals surface area contributed by atoms with E-state index < -0.39 is 40.2 Å². The number of sulfonamides is 1. The Balaban J connectivity index is 1.82. The molecule has 4 aromatic rings. The summed E-state index contributed by atoms with van der Waals surface area (Å²) in [6.45, 7) is 5.21. The van der Waals surface area contributed by atoms with Gasteiger partial charge in [0, 0.05) is 31.1 Å². The van der Waals surface area contributed by atoms with E-state index >= 15 is 4.39 Å². The number of carbonyl (C=O) groups is 2. The molecule has 0 radical (unpaired) electrons. The number of nitrogens with one attached hydrogen (secondary N) is 1. The lowest BCUT2D eigenvalue weighted by molar-refractivity contribution is -0.140. The molecule has 0 saturated carbocycles. The summed E-state index contributed by atoms with van der Waals surface area (Å²) in [4.78, 5) is 29.6. The van der Waals surface area contributed by atoms with Crippen LogP contribution < -0.4 is 14.4 Å². The van der Waals surface area contributed by atoms with Crippen molar-refractivity contribution in [1.29, 1.82) is 0 Å². The molecule has 0 fully saturated rings. The highest BCUT2D eigenvalue weighted by molar-refractivity contribution is 7.92. The molecule has 1 unspecified atom stereocenters. The second kappa shape index (κ2) is 15.5. The number of halogens is 1. The molecular weight excluding hydrogens is 605 g/mol. The van der Waals surface area contributed by atoms with E-state index in [-0.39, 0.29) is 35.0 Å². The number of aryl methyl sites for hydroxylation is 1. The van der Waals surface area contributed by atoms with E-state index in [1.807, 2.05) is 51.1 Å². The topological polar surface area (TPSA) is 96.0 Å². The van der Waals surface area contributed by atoms with Gasteiger partial charge in [0.05, 0.1) is 17.7 Å². The highest BCUT2D eigenvalue weighted by Gasteiger charge is 2.35. The number of ether oxygens (including phenoxy) is 1. The molecule has 8 nitrogen and oxygen atoms in total. The second-order valence-electron chi connectivity index (χ2n) is 11.5. The van der Waals surface area contributed by atoms with Gasteiger partial charge >= 0.3 is 0 Å². The average molecular weight is 646 g/mol. The Morgan fingerprint density at radius 1 is 0.891 bits per heavy atom. The minimum absolute atomic E-state index is 0.00937. The zero-order valence-electron chi connectivity index (χ0n) is 26.5. The van der Waals surface area contributed by atoms with Gasteiger partial charge in [0.15, 0.2) is 0 Å². The minimum atomic E-state index is -4.28. The van der Waals surface area contributed by atoms with Crippen molar-refractivity contribution in [3.8, 4) is 5.75 Å². The first-order valence-electron chi connectivity index (χ1n) is 15.1. The molecule has 0 aliphatic carbocycles. The summed E-state index contributed by atoms with van der Waals surface area (Å²) in [5, 5.41) is 2.92. The summed E-state index contributed by atoms with van der Waals surface area (Å²) < 4.78 is 49.7. The lowest BCUT2D eigenvalue weighted by atomic mass is 10.0. The van der Waals surface area contributed by atoms with E-state index in [0.29, 0.717) is 12.3 Å². The van der Waals surface area contributed by atoms with E-state index in [1.54, 1.807) is 48.5 Å². The van der Waals surface area contributed by atoms with Crippen LogP contribution in [0.2, 0.25) is 0 Å². The maximum Gasteiger partial charge on any atom is 0.264 e. The number of carbonyl (C=O) groups excluding carboxylic acids is 2. The Bertz CT molecular complexity index is 1730. The molecule has 4 rings (SSSR count). The summed E-state index contributed by atoms with van der Waals surface area (Å²) in [5.41, 5.74) is 2.05. The van der Waals surface area contributed by atoms with Crippen LogP contribution in [0.1, 0.15) is 30.5 Å². The quantitative estimate of drug-likeness (QED) is 0.189. The molecule has 2 amide bonds. The number of hydrogen-bond donors (Lipinski definition) is 1. The van der Waals surface area contributed by atoms with Crippen LogP contribution in [0.15, 0.2) is 108 Å². The van der Waals surface area contributed by atoms with Gasteiger partial charge in [-0.3, -0.25) is 13.9 Å². The molecule has 0 aliphatic rings. The number of amides is 2. The first kappa shape index (κ1) is 34.2. The fourth-order valence-corrected chi connectivity index (χ4v) is 6.32. The van der Waals surface area contributed by atoms with Gasteiger partial charge in [0.1, 0.15) is 24.2 Å². The zero-order chi connectivity index (χ0) is 33.3. The molecule has 0 bridgehead atoms. The van der Waals surface area contributed by atoms with Crippen molar-refractivity contribution in [2.45, 2.75) is 44.7 Å². The van der Waals surface area contributed by atoms with Crippen LogP contribution in [-0.4, -0.2) is 51.4 Å². The first-order valence-corrected chi connectivity index (χ1v) is 16.5. The van der Waals surface area contributed by atoms with Crippen molar-refractivity contribution in [1.82, 2.24) is 10.2 Å². The Kier molecular flexibility index (Phi) is 11.5. The summed E-state index contributed by atoms with van der Waals surface area (Å²) in [6, 6.07) is 26.9. The average Bonchev–Trinajstić information content (AvgIpc) is 3.05. The molecule has 242 valence electrons. The Labute approximate surface area is 270 Å². The fourth-order valence-electron chi connectivity index (χ4n) is 4.92. The molecule has 0 aliphatic heterocycles. The number of rotatable bonds is 14. The van der Waals surface area contributed by atoms with Gasteiger partial charge in [0.2, 0.25) is 11.8 Å². The van der Waals surface area contributed by atoms with Gasteiger partial charge in [-0.2, -0.15) is 0 Å². The molecule has 46 heavy (non-hydrogen) atoms. The SMILES string of the molecule is COc1cccc(N(CC(=O)N(Cc2ccccc2F)C(Cc2ccccc2)C(=O)NCC(C)C)S(=O)(=O)c2ccc(C)cc2)c1. The smallest absolute Gasteiger partial charge is 0.264 e. The number of methoxy groups -OCH3 is 1. The molecule has 0 aromatic heterocycles. The lowest BCUT2D eigenvalue weighted by Gasteiger charge is -2.34. The largest absolute Gasteiger partial charge is 0.497 e. The summed E-state index contributed by atoms with van der Waals surface area (Å²) in [7, 11) is -2.81. The van der Waals surface area contributed by atoms with Gasteiger partial charge < -0.3 is 15.0 Å². The van der Waals surface area contributed by atoms with Crippen molar-refractivity contribution in [2.75, 3.05) is 24.5 Å².